The van der Waals surface area contributed by atoms with Crippen LogP contribution in [0, 0.1) is 0 Å². The first-order valence-electron chi connectivity index (χ1n) is 6.15. The Morgan fingerprint density at radius 3 is 2.55 bits per heavy atom. The van der Waals surface area contributed by atoms with Gasteiger partial charge in [-0.3, -0.25) is 0 Å². The van der Waals surface area contributed by atoms with E-state index in [9.17, 15) is 8.78 Å². The van der Waals surface area contributed by atoms with Gasteiger partial charge in [0, 0.05) is 19.3 Å². The maximum Gasteiger partial charge on any atom is 0.314 e. The van der Waals surface area contributed by atoms with E-state index in [0.717, 1.165) is 18.9 Å². The number of anilines is 1. The number of pyridine rings is 1. The minimum absolute atomic E-state index is 0.0429. The first kappa shape index (κ1) is 12.9. The monoisotopic (exact) mass is 282 g/mol. The predicted molar refractivity (Wildman–Crippen MR) is 65.5 cm³/mol. The lowest BCUT2D eigenvalue weighted by Crippen LogP contribution is -2.36. The molecule has 0 aliphatic carbocycles. The number of hydrogen-bond donors (Lipinski definition) is 0. The van der Waals surface area contributed by atoms with Crippen molar-refractivity contribution in [1.82, 2.24) is 15.2 Å². The summed E-state index contributed by atoms with van der Waals surface area (Å²) >= 11 is 0. The molecule has 6 nitrogen and oxygen atoms in total. The first-order valence-corrected chi connectivity index (χ1v) is 6.15. The maximum absolute atomic E-state index is 12.4. The molecular weight excluding hydrogens is 270 g/mol. The minimum Gasteiger partial charge on any atom is -0.415 e. The van der Waals surface area contributed by atoms with Gasteiger partial charge < -0.3 is 14.1 Å². The summed E-state index contributed by atoms with van der Waals surface area (Å²) in [6.45, 7) is 2.90. The van der Waals surface area contributed by atoms with Crippen molar-refractivity contribution < 1.29 is 17.9 Å². The Hall–Kier alpha value is -2.09. The van der Waals surface area contributed by atoms with Gasteiger partial charge in [0.1, 0.15) is 5.82 Å². The number of hydrogen-bond acceptors (Lipinski definition) is 6. The van der Waals surface area contributed by atoms with E-state index < -0.39 is 12.3 Å². The van der Waals surface area contributed by atoms with E-state index in [-0.39, 0.29) is 5.89 Å². The van der Waals surface area contributed by atoms with Gasteiger partial charge in [-0.25, -0.2) is 4.98 Å². The van der Waals surface area contributed by atoms with Gasteiger partial charge in [0.05, 0.1) is 18.8 Å². The number of nitrogens with zero attached hydrogens (tertiary/aromatic N) is 4. The summed E-state index contributed by atoms with van der Waals surface area (Å²) < 4.78 is 34.9. The molecule has 8 heteroatoms. The Bertz CT molecular complexity index is 567. The summed E-state index contributed by atoms with van der Waals surface area (Å²) in [4.78, 5) is 6.38. The number of morpholine rings is 1. The van der Waals surface area contributed by atoms with E-state index in [1.165, 1.54) is 6.20 Å². The molecule has 106 valence electrons. The van der Waals surface area contributed by atoms with Crippen molar-refractivity contribution in [2.24, 2.45) is 0 Å². The van der Waals surface area contributed by atoms with Crippen molar-refractivity contribution in [3.63, 3.8) is 0 Å². The predicted octanol–water partition coefficient (Wildman–Crippen LogP) is 1.91. The second kappa shape index (κ2) is 5.49. The van der Waals surface area contributed by atoms with Crippen molar-refractivity contribution >= 4 is 5.82 Å². The smallest absolute Gasteiger partial charge is 0.314 e. The van der Waals surface area contributed by atoms with Gasteiger partial charge in [-0.05, 0) is 12.1 Å². The molecule has 1 saturated heterocycles. The molecule has 0 aromatic carbocycles. The van der Waals surface area contributed by atoms with Crippen LogP contribution in [0.15, 0.2) is 22.7 Å². The molecule has 1 fully saturated rings. The minimum atomic E-state index is -2.77. The van der Waals surface area contributed by atoms with Crippen molar-refractivity contribution in [1.29, 1.82) is 0 Å². The molecule has 0 N–H and O–H groups in total. The van der Waals surface area contributed by atoms with Crippen molar-refractivity contribution in [3.05, 3.63) is 24.2 Å². The second-order valence-electron chi connectivity index (χ2n) is 4.25. The molecule has 3 rings (SSSR count). The maximum atomic E-state index is 12.4. The quantitative estimate of drug-likeness (QED) is 0.856. The zero-order valence-electron chi connectivity index (χ0n) is 10.5. The molecule has 0 bridgehead atoms. The molecule has 1 aliphatic rings. The summed E-state index contributed by atoms with van der Waals surface area (Å²) in [5, 5.41) is 6.86. The molecule has 0 amide bonds. The molecular formula is C12H12F2N4O2. The highest BCUT2D eigenvalue weighted by atomic mass is 19.3. The van der Waals surface area contributed by atoms with Crippen LogP contribution in [0.5, 0.6) is 0 Å². The zero-order chi connectivity index (χ0) is 13.9. The van der Waals surface area contributed by atoms with Crippen molar-refractivity contribution in [2.45, 2.75) is 6.43 Å². The topological polar surface area (TPSA) is 64.3 Å². The number of rotatable bonds is 3. The van der Waals surface area contributed by atoms with Crippen LogP contribution in [-0.2, 0) is 4.74 Å². The molecule has 0 saturated carbocycles. The molecule has 1 aliphatic heterocycles. The van der Waals surface area contributed by atoms with Crippen LogP contribution >= 0.6 is 0 Å². The van der Waals surface area contributed by atoms with Crippen LogP contribution in [-0.4, -0.2) is 41.5 Å². The standard InChI is InChI=1S/C12H12F2N4O2/c13-10(14)12-17-16-11(20-12)8-1-2-9(15-7-8)18-3-5-19-6-4-18/h1-2,7,10H,3-6H2. The largest absolute Gasteiger partial charge is 0.415 e. The second-order valence-corrected chi connectivity index (χ2v) is 4.25. The number of ether oxygens (including phenoxy) is 1. The molecule has 0 unspecified atom stereocenters. The lowest BCUT2D eigenvalue weighted by atomic mass is 10.2. The van der Waals surface area contributed by atoms with Gasteiger partial charge in [0.15, 0.2) is 0 Å². The Morgan fingerprint density at radius 2 is 1.95 bits per heavy atom. The van der Waals surface area contributed by atoms with E-state index >= 15 is 0 Å². The Kier molecular flexibility index (Phi) is 3.55. The molecule has 20 heavy (non-hydrogen) atoms. The summed E-state index contributed by atoms with van der Waals surface area (Å²) in [6, 6.07) is 3.52. The highest BCUT2D eigenvalue weighted by molar-refractivity contribution is 5.54. The lowest BCUT2D eigenvalue weighted by molar-refractivity contribution is 0.116. The van der Waals surface area contributed by atoms with Crippen LogP contribution in [0.1, 0.15) is 12.3 Å². The number of aromatic nitrogens is 3. The van der Waals surface area contributed by atoms with Gasteiger partial charge in [-0.15, -0.1) is 10.2 Å². The third-order valence-corrected chi connectivity index (χ3v) is 2.96. The third-order valence-electron chi connectivity index (χ3n) is 2.96. The normalized spacial score (nSPS) is 15.8. The van der Waals surface area contributed by atoms with E-state index in [2.05, 4.69) is 20.1 Å². The van der Waals surface area contributed by atoms with Gasteiger partial charge in [0.25, 0.3) is 5.89 Å². The summed E-state index contributed by atoms with van der Waals surface area (Å²) in [5.41, 5.74) is 0.515. The molecule has 2 aromatic rings. The van der Waals surface area contributed by atoms with Crippen LogP contribution in [0.4, 0.5) is 14.6 Å². The van der Waals surface area contributed by atoms with E-state index in [0.29, 0.717) is 18.8 Å². The van der Waals surface area contributed by atoms with Gasteiger partial charge in [-0.1, -0.05) is 0 Å². The fourth-order valence-electron chi connectivity index (χ4n) is 1.93. The van der Waals surface area contributed by atoms with Gasteiger partial charge in [0.2, 0.25) is 5.89 Å². The van der Waals surface area contributed by atoms with Crippen LogP contribution < -0.4 is 4.90 Å². The lowest BCUT2D eigenvalue weighted by Gasteiger charge is -2.27. The van der Waals surface area contributed by atoms with E-state index in [4.69, 9.17) is 9.15 Å². The van der Waals surface area contributed by atoms with Gasteiger partial charge >= 0.3 is 6.43 Å². The Balaban J connectivity index is 1.77. The molecule has 0 atom stereocenters. The van der Waals surface area contributed by atoms with E-state index in [1.807, 2.05) is 0 Å². The van der Waals surface area contributed by atoms with E-state index in [1.54, 1.807) is 12.1 Å². The molecule has 3 heterocycles. The number of halogens is 2. The fraction of sp³-hybridized carbons (Fsp3) is 0.417. The van der Waals surface area contributed by atoms with Crippen LogP contribution in [0.3, 0.4) is 0 Å². The fourth-order valence-corrected chi connectivity index (χ4v) is 1.93. The van der Waals surface area contributed by atoms with Crippen molar-refractivity contribution in [3.8, 4) is 11.5 Å². The first-order chi connectivity index (χ1) is 9.74. The zero-order valence-corrected chi connectivity index (χ0v) is 10.5. The summed E-state index contributed by atoms with van der Waals surface area (Å²) in [5.74, 6) is 0.171. The summed E-state index contributed by atoms with van der Waals surface area (Å²) in [6.07, 6.45) is -1.23. The highest BCUT2D eigenvalue weighted by Gasteiger charge is 2.18. The summed E-state index contributed by atoms with van der Waals surface area (Å²) in [7, 11) is 0. The number of alkyl halides is 2. The molecule has 0 spiro atoms. The third kappa shape index (κ3) is 2.60. The SMILES string of the molecule is FC(F)c1nnc(-c2ccc(N3CCOCC3)nc2)o1. The van der Waals surface area contributed by atoms with Crippen molar-refractivity contribution in [2.75, 3.05) is 31.2 Å². The average molecular weight is 282 g/mol. The Morgan fingerprint density at radius 1 is 1.15 bits per heavy atom. The van der Waals surface area contributed by atoms with Crippen LogP contribution in [0.25, 0.3) is 11.5 Å². The molecule has 0 radical (unpaired) electrons. The highest BCUT2D eigenvalue weighted by Crippen LogP contribution is 2.24. The Labute approximate surface area is 113 Å². The van der Waals surface area contributed by atoms with Gasteiger partial charge in [-0.2, -0.15) is 8.78 Å². The van der Waals surface area contributed by atoms with Crippen LogP contribution in [0.2, 0.25) is 0 Å². The molecule has 2 aromatic heterocycles. The average Bonchev–Trinajstić information content (AvgIpc) is 2.98.